The van der Waals surface area contributed by atoms with Gasteiger partial charge in [-0.1, -0.05) is 6.92 Å². The Bertz CT molecular complexity index is 511. The van der Waals surface area contributed by atoms with Crippen LogP contribution >= 0.6 is 11.3 Å². The van der Waals surface area contributed by atoms with E-state index in [4.69, 9.17) is 4.74 Å². The molecule has 0 aromatic carbocycles. The number of rotatable bonds is 3. The fourth-order valence-electron chi connectivity index (χ4n) is 2.98. The number of hydrogen-bond donors (Lipinski definition) is 1. The van der Waals surface area contributed by atoms with Crippen LogP contribution in [0.5, 0.6) is 0 Å². The lowest BCUT2D eigenvalue weighted by molar-refractivity contribution is 0.175. The summed E-state index contributed by atoms with van der Waals surface area (Å²) in [6.45, 7) is 4.60. The maximum Gasteiger partial charge on any atom is 0.323 e. The van der Waals surface area contributed by atoms with E-state index < -0.39 is 0 Å². The van der Waals surface area contributed by atoms with Gasteiger partial charge < -0.3 is 9.64 Å². The molecule has 116 valence electrons. The van der Waals surface area contributed by atoms with Crippen molar-refractivity contribution in [3.05, 3.63) is 10.6 Å². The van der Waals surface area contributed by atoms with E-state index in [-0.39, 0.29) is 6.03 Å². The third kappa shape index (κ3) is 3.55. The Morgan fingerprint density at radius 2 is 2.38 bits per heavy atom. The molecule has 1 aromatic rings. The molecule has 21 heavy (non-hydrogen) atoms. The standard InChI is InChI=1S/C15H23N3O2S/c1-10-3-4-12-13(7-10)21-14(16-12)17-15(19)18(2)8-11-5-6-20-9-11/h10-11H,3-9H2,1-2H3,(H,16,17,19)/t10-,11-/m0/s1. The van der Waals surface area contributed by atoms with Gasteiger partial charge in [-0.15, -0.1) is 11.3 Å². The molecule has 0 spiro atoms. The molecule has 5 nitrogen and oxygen atoms in total. The molecule has 0 radical (unpaired) electrons. The van der Waals surface area contributed by atoms with Crippen molar-refractivity contribution in [2.45, 2.75) is 32.6 Å². The van der Waals surface area contributed by atoms with Crippen molar-refractivity contribution in [2.75, 3.05) is 32.1 Å². The van der Waals surface area contributed by atoms with Crippen molar-refractivity contribution in [1.82, 2.24) is 9.88 Å². The quantitative estimate of drug-likeness (QED) is 0.934. The lowest BCUT2D eigenvalue weighted by atomic mass is 9.93. The minimum Gasteiger partial charge on any atom is -0.381 e. The summed E-state index contributed by atoms with van der Waals surface area (Å²) < 4.78 is 5.35. The van der Waals surface area contributed by atoms with Crippen LogP contribution in [0.1, 0.15) is 30.3 Å². The number of nitrogens with one attached hydrogen (secondary N) is 1. The minimum atomic E-state index is -0.0685. The molecule has 2 aliphatic rings. The highest BCUT2D eigenvalue weighted by molar-refractivity contribution is 7.15. The Kier molecular flexibility index (Phi) is 4.45. The minimum absolute atomic E-state index is 0.0685. The number of urea groups is 1. The molecule has 1 aliphatic carbocycles. The normalized spacial score (nSPS) is 24.7. The first-order valence-electron chi connectivity index (χ1n) is 7.70. The van der Waals surface area contributed by atoms with Gasteiger partial charge in [0.15, 0.2) is 5.13 Å². The Morgan fingerprint density at radius 1 is 1.52 bits per heavy atom. The van der Waals surface area contributed by atoms with Gasteiger partial charge >= 0.3 is 6.03 Å². The molecule has 1 fully saturated rings. The third-order valence-corrected chi connectivity index (χ3v) is 5.34. The van der Waals surface area contributed by atoms with Gasteiger partial charge in [-0.3, -0.25) is 5.32 Å². The highest BCUT2D eigenvalue weighted by atomic mass is 32.1. The first kappa shape index (κ1) is 14.8. The summed E-state index contributed by atoms with van der Waals surface area (Å²) in [6, 6.07) is -0.0685. The van der Waals surface area contributed by atoms with Crippen LogP contribution < -0.4 is 5.32 Å². The Hall–Kier alpha value is -1.14. The highest BCUT2D eigenvalue weighted by Gasteiger charge is 2.23. The summed E-state index contributed by atoms with van der Waals surface area (Å²) in [5.74, 6) is 1.19. The van der Waals surface area contributed by atoms with Crippen LogP contribution in [0.3, 0.4) is 0 Å². The van der Waals surface area contributed by atoms with Gasteiger partial charge in [0, 0.05) is 31.0 Å². The number of carbonyl (C=O) groups excluding carboxylic acids is 1. The van der Waals surface area contributed by atoms with E-state index in [0.717, 1.165) is 50.1 Å². The van der Waals surface area contributed by atoms with Crippen LogP contribution in [0.15, 0.2) is 0 Å². The molecule has 0 unspecified atom stereocenters. The largest absolute Gasteiger partial charge is 0.381 e. The van der Waals surface area contributed by atoms with Crippen LogP contribution in [0.4, 0.5) is 9.93 Å². The number of carbonyl (C=O) groups is 1. The highest BCUT2D eigenvalue weighted by Crippen LogP contribution is 2.32. The summed E-state index contributed by atoms with van der Waals surface area (Å²) in [5.41, 5.74) is 1.18. The van der Waals surface area contributed by atoms with E-state index in [2.05, 4.69) is 17.2 Å². The average Bonchev–Trinajstić information content (AvgIpc) is 3.07. The second kappa shape index (κ2) is 6.32. The van der Waals surface area contributed by atoms with Crippen LogP contribution in [-0.2, 0) is 17.6 Å². The molecular formula is C15H23N3O2S. The van der Waals surface area contributed by atoms with Gasteiger partial charge in [-0.05, 0) is 31.6 Å². The molecule has 6 heteroatoms. The maximum atomic E-state index is 12.2. The molecular weight excluding hydrogens is 286 g/mol. The molecule has 1 saturated heterocycles. The number of thiazole rings is 1. The average molecular weight is 309 g/mol. The number of fused-ring (bicyclic) bond motifs is 1. The predicted molar refractivity (Wildman–Crippen MR) is 83.9 cm³/mol. The second-order valence-corrected chi connectivity index (χ2v) is 7.36. The fraction of sp³-hybridized carbons (Fsp3) is 0.733. The summed E-state index contributed by atoms with van der Waals surface area (Å²) in [6.07, 6.45) is 4.38. The van der Waals surface area contributed by atoms with Gasteiger partial charge in [-0.2, -0.15) is 0 Å². The molecule has 0 bridgehead atoms. The van der Waals surface area contributed by atoms with Crippen molar-refractivity contribution >= 4 is 22.5 Å². The number of hydrogen-bond acceptors (Lipinski definition) is 4. The number of ether oxygens (including phenoxy) is 1. The van der Waals surface area contributed by atoms with E-state index in [1.165, 1.54) is 17.0 Å². The summed E-state index contributed by atoms with van der Waals surface area (Å²) in [5, 5.41) is 3.69. The van der Waals surface area contributed by atoms with E-state index in [1.807, 2.05) is 7.05 Å². The van der Waals surface area contributed by atoms with Gasteiger partial charge in [0.25, 0.3) is 0 Å². The molecule has 1 aromatic heterocycles. The topological polar surface area (TPSA) is 54.5 Å². The lowest BCUT2D eigenvalue weighted by Gasteiger charge is -2.20. The smallest absolute Gasteiger partial charge is 0.323 e. The first-order chi connectivity index (χ1) is 10.1. The van der Waals surface area contributed by atoms with Crippen LogP contribution in [-0.4, -0.2) is 42.7 Å². The summed E-state index contributed by atoms with van der Waals surface area (Å²) in [4.78, 5) is 19.9. The number of nitrogens with zero attached hydrogens (tertiary/aromatic N) is 2. The molecule has 2 heterocycles. The molecule has 2 atom stereocenters. The van der Waals surface area contributed by atoms with Crippen LogP contribution in [0.25, 0.3) is 0 Å². The van der Waals surface area contributed by atoms with E-state index in [1.54, 1.807) is 16.2 Å². The molecule has 3 rings (SSSR count). The predicted octanol–water partition coefficient (Wildman–Crippen LogP) is 2.77. The second-order valence-electron chi connectivity index (χ2n) is 6.28. The lowest BCUT2D eigenvalue weighted by Crippen LogP contribution is -2.35. The number of aromatic nitrogens is 1. The fourth-order valence-corrected chi connectivity index (χ4v) is 4.14. The third-order valence-electron chi connectivity index (χ3n) is 4.30. The van der Waals surface area contributed by atoms with Gasteiger partial charge in [0.1, 0.15) is 0 Å². The molecule has 2 amide bonds. The van der Waals surface area contributed by atoms with Crippen molar-refractivity contribution in [3.8, 4) is 0 Å². The van der Waals surface area contributed by atoms with E-state index in [9.17, 15) is 4.79 Å². The first-order valence-corrected chi connectivity index (χ1v) is 8.52. The zero-order chi connectivity index (χ0) is 14.8. The summed E-state index contributed by atoms with van der Waals surface area (Å²) >= 11 is 1.63. The van der Waals surface area contributed by atoms with Crippen LogP contribution in [0.2, 0.25) is 0 Å². The van der Waals surface area contributed by atoms with Crippen molar-refractivity contribution in [3.63, 3.8) is 0 Å². The van der Waals surface area contributed by atoms with E-state index in [0.29, 0.717) is 5.92 Å². The Balaban J connectivity index is 1.56. The van der Waals surface area contributed by atoms with Gasteiger partial charge in [-0.25, -0.2) is 9.78 Å². The van der Waals surface area contributed by atoms with Crippen LogP contribution in [0, 0.1) is 11.8 Å². The van der Waals surface area contributed by atoms with Crippen molar-refractivity contribution in [1.29, 1.82) is 0 Å². The van der Waals surface area contributed by atoms with E-state index >= 15 is 0 Å². The zero-order valence-corrected chi connectivity index (χ0v) is 13.5. The Morgan fingerprint density at radius 3 is 3.14 bits per heavy atom. The number of aryl methyl sites for hydroxylation is 1. The van der Waals surface area contributed by atoms with Gasteiger partial charge in [0.2, 0.25) is 0 Å². The Labute approximate surface area is 129 Å². The monoisotopic (exact) mass is 309 g/mol. The number of amides is 2. The summed E-state index contributed by atoms with van der Waals surface area (Å²) in [7, 11) is 1.84. The SMILES string of the molecule is C[C@H]1CCc2nc(NC(=O)N(C)C[C@@H]3CCOC3)sc2C1. The van der Waals surface area contributed by atoms with Gasteiger partial charge in [0.05, 0.1) is 12.3 Å². The maximum absolute atomic E-state index is 12.2. The number of anilines is 1. The molecule has 0 saturated carbocycles. The molecule has 1 N–H and O–H groups in total. The van der Waals surface area contributed by atoms with Crippen molar-refractivity contribution < 1.29 is 9.53 Å². The zero-order valence-electron chi connectivity index (χ0n) is 12.7. The van der Waals surface area contributed by atoms with Crippen molar-refractivity contribution in [2.24, 2.45) is 11.8 Å². The molecule has 1 aliphatic heterocycles.